The average molecular weight is 193 g/mol. The van der Waals surface area contributed by atoms with Crippen LogP contribution in [0.5, 0.6) is 0 Å². The van der Waals surface area contributed by atoms with Crippen LogP contribution in [0.4, 0.5) is 0 Å². The molecule has 0 spiro atoms. The zero-order valence-corrected chi connectivity index (χ0v) is 7.36. The highest BCUT2D eigenvalue weighted by atomic mass is 79.9. The smallest absolute Gasteiger partial charge is 0.0623 e. The van der Waals surface area contributed by atoms with E-state index in [2.05, 4.69) is 22.9 Å². The Morgan fingerprint density at radius 3 is 2.78 bits per heavy atom. The molecule has 0 radical (unpaired) electrons. The quantitative estimate of drug-likeness (QED) is 0.624. The predicted octanol–water partition coefficient (Wildman–Crippen LogP) is 2.20. The summed E-state index contributed by atoms with van der Waals surface area (Å²) in [5, 5.41) is 1.12. The summed E-state index contributed by atoms with van der Waals surface area (Å²) in [5.41, 5.74) is 0. The molecule has 0 N–H and O–H groups in total. The van der Waals surface area contributed by atoms with Gasteiger partial charge in [0.1, 0.15) is 0 Å². The maximum Gasteiger partial charge on any atom is 0.0623 e. The molecule has 0 amide bonds. The highest BCUT2D eigenvalue weighted by Gasteiger charge is 2.29. The molecule has 1 nitrogen and oxygen atoms in total. The molecule has 0 bridgehead atoms. The minimum Gasteiger partial charge on any atom is -0.377 e. The molecule has 1 fully saturated rings. The predicted molar refractivity (Wildman–Crippen MR) is 41.9 cm³/mol. The molecule has 1 saturated heterocycles. The molecule has 1 aliphatic rings. The summed E-state index contributed by atoms with van der Waals surface area (Å²) in [5.74, 6) is 0.842. The molecule has 54 valence electrons. The van der Waals surface area contributed by atoms with Crippen molar-refractivity contribution in [3.05, 3.63) is 0 Å². The van der Waals surface area contributed by atoms with Crippen LogP contribution in [0.15, 0.2) is 0 Å². The van der Waals surface area contributed by atoms with E-state index in [1.54, 1.807) is 0 Å². The van der Waals surface area contributed by atoms with Crippen LogP contribution in [0.1, 0.15) is 19.8 Å². The van der Waals surface area contributed by atoms with E-state index >= 15 is 0 Å². The molecule has 2 atom stereocenters. The first kappa shape index (κ1) is 7.55. The minimum atomic E-state index is 0.572. The first-order chi connectivity index (χ1) is 4.38. The van der Waals surface area contributed by atoms with E-state index in [-0.39, 0.29) is 0 Å². The van der Waals surface area contributed by atoms with Crippen molar-refractivity contribution in [1.29, 1.82) is 0 Å². The summed E-state index contributed by atoms with van der Waals surface area (Å²) in [6.07, 6.45) is 3.03. The van der Waals surface area contributed by atoms with Gasteiger partial charge in [0.15, 0.2) is 0 Å². The molecule has 0 aliphatic carbocycles. The lowest BCUT2D eigenvalue weighted by Gasteiger charge is -2.35. The van der Waals surface area contributed by atoms with Crippen molar-refractivity contribution in [3.8, 4) is 0 Å². The lowest BCUT2D eigenvalue weighted by atomic mass is 9.93. The molecule has 0 aromatic heterocycles. The molecular weight excluding hydrogens is 180 g/mol. The van der Waals surface area contributed by atoms with Crippen LogP contribution in [0.2, 0.25) is 0 Å². The largest absolute Gasteiger partial charge is 0.377 e. The van der Waals surface area contributed by atoms with Crippen molar-refractivity contribution in [1.82, 2.24) is 0 Å². The van der Waals surface area contributed by atoms with Crippen molar-refractivity contribution in [2.75, 3.05) is 11.9 Å². The second kappa shape index (κ2) is 3.57. The lowest BCUT2D eigenvalue weighted by Crippen LogP contribution is -2.39. The van der Waals surface area contributed by atoms with Crippen LogP contribution in [0.25, 0.3) is 0 Å². The molecular formula is C7H13BrO. The topological polar surface area (TPSA) is 9.23 Å². The van der Waals surface area contributed by atoms with E-state index in [1.165, 1.54) is 12.8 Å². The summed E-state index contributed by atoms with van der Waals surface area (Å²) in [7, 11) is 0. The van der Waals surface area contributed by atoms with Crippen LogP contribution >= 0.6 is 15.9 Å². The zero-order chi connectivity index (χ0) is 6.69. The standard InChI is InChI=1S/C7H13BrO/c1-2-7-6(3-4-8)5-9-7/h6-7H,2-5H2,1H3. The normalized spacial score (nSPS) is 34.0. The van der Waals surface area contributed by atoms with E-state index in [9.17, 15) is 0 Å². The highest BCUT2D eigenvalue weighted by molar-refractivity contribution is 9.09. The molecule has 9 heavy (non-hydrogen) atoms. The highest BCUT2D eigenvalue weighted by Crippen LogP contribution is 2.26. The molecule has 2 heteroatoms. The van der Waals surface area contributed by atoms with E-state index in [0.29, 0.717) is 6.10 Å². The SMILES string of the molecule is CCC1OCC1CCBr. The Hall–Kier alpha value is 0.440. The second-order valence-electron chi connectivity index (χ2n) is 2.52. The van der Waals surface area contributed by atoms with E-state index in [0.717, 1.165) is 17.9 Å². The third-order valence-corrected chi connectivity index (χ3v) is 2.39. The van der Waals surface area contributed by atoms with Gasteiger partial charge < -0.3 is 4.74 Å². The fourth-order valence-corrected chi connectivity index (χ4v) is 1.82. The Labute approximate surface area is 64.9 Å². The lowest BCUT2D eigenvalue weighted by molar-refractivity contribution is -0.115. The molecule has 0 aromatic rings. The van der Waals surface area contributed by atoms with Crippen LogP contribution in [-0.2, 0) is 4.74 Å². The van der Waals surface area contributed by atoms with Gasteiger partial charge in [0.2, 0.25) is 0 Å². The van der Waals surface area contributed by atoms with Gasteiger partial charge in [-0.15, -0.1) is 0 Å². The van der Waals surface area contributed by atoms with Crippen molar-refractivity contribution in [2.45, 2.75) is 25.9 Å². The van der Waals surface area contributed by atoms with E-state index in [4.69, 9.17) is 4.74 Å². The Morgan fingerprint density at radius 1 is 1.67 bits per heavy atom. The number of alkyl halides is 1. The van der Waals surface area contributed by atoms with Gasteiger partial charge in [-0.1, -0.05) is 22.9 Å². The first-order valence-electron chi connectivity index (χ1n) is 3.56. The van der Waals surface area contributed by atoms with Gasteiger partial charge in [0, 0.05) is 11.2 Å². The average Bonchev–Trinajstić information content (AvgIpc) is 1.82. The molecule has 1 rings (SSSR count). The Kier molecular flexibility index (Phi) is 2.99. The maximum absolute atomic E-state index is 5.32. The van der Waals surface area contributed by atoms with Gasteiger partial charge in [-0.2, -0.15) is 0 Å². The minimum absolute atomic E-state index is 0.572. The number of ether oxygens (including phenoxy) is 1. The van der Waals surface area contributed by atoms with Crippen molar-refractivity contribution in [2.24, 2.45) is 5.92 Å². The van der Waals surface area contributed by atoms with E-state index in [1.807, 2.05) is 0 Å². The molecule has 2 unspecified atom stereocenters. The summed E-state index contributed by atoms with van der Waals surface area (Å²) in [6, 6.07) is 0. The molecule has 1 heterocycles. The number of hydrogen-bond acceptors (Lipinski definition) is 1. The van der Waals surface area contributed by atoms with Gasteiger partial charge in [-0.3, -0.25) is 0 Å². The molecule has 1 aliphatic heterocycles. The Morgan fingerprint density at radius 2 is 2.44 bits per heavy atom. The van der Waals surface area contributed by atoms with Gasteiger partial charge in [-0.05, 0) is 12.8 Å². The van der Waals surface area contributed by atoms with Crippen molar-refractivity contribution < 1.29 is 4.74 Å². The van der Waals surface area contributed by atoms with Crippen LogP contribution in [-0.4, -0.2) is 18.0 Å². The first-order valence-corrected chi connectivity index (χ1v) is 4.68. The summed E-state index contributed by atoms with van der Waals surface area (Å²) in [6.45, 7) is 3.18. The number of rotatable bonds is 3. The Bertz CT molecular complexity index is 83.0. The monoisotopic (exact) mass is 192 g/mol. The number of halogens is 1. The van der Waals surface area contributed by atoms with Gasteiger partial charge in [-0.25, -0.2) is 0 Å². The van der Waals surface area contributed by atoms with Crippen LogP contribution in [0, 0.1) is 5.92 Å². The third-order valence-electron chi connectivity index (χ3n) is 1.93. The van der Waals surface area contributed by atoms with Gasteiger partial charge in [0.25, 0.3) is 0 Å². The second-order valence-corrected chi connectivity index (χ2v) is 3.31. The van der Waals surface area contributed by atoms with Crippen molar-refractivity contribution in [3.63, 3.8) is 0 Å². The zero-order valence-electron chi connectivity index (χ0n) is 5.77. The fraction of sp³-hybridized carbons (Fsp3) is 1.00. The summed E-state index contributed by atoms with van der Waals surface area (Å²) in [4.78, 5) is 0. The molecule has 0 saturated carbocycles. The summed E-state index contributed by atoms with van der Waals surface area (Å²) >= 11 is 3.43. The van der Waals surface area contributed by atoms with Gasteiger partial charge in [0.05, 0.1) is 12.7 Å². The maximum atomic E-state index is 5.32. The summed E-state index contributed by atoms with van der Waals surface area (Å²) < 4.78 is 5.32. The van der Waals surface area contributed by atoms with Crippen LogP contribution < -0.4 is 0 Å². The van der Waals surface area contributed by atoms with Crippen molar-refractivity contribution >= 4 is 15.9 Å². The Balaban J connectivity index is 2.11. The fourth-order valence-electron chi connectivity index (χ4n) is 1.23. The number of hydrogen-bond donors (Lipinski definition) is 0. The third kappa shape index (κ3) is 1.68. The van der Waals surface area contributed by atoms with E-state index < -0.39 is 0 Å². The van der Waals surface area contributed by atoms with Crippen LogP contribution in [0.3, 0.4) is 0 Å². The van der Waals surface area contributed by atoms with Gasteiger partial charge >= 0.3 is 0 Å². The molecule has 0 aromatic carbocycles.